The van der Waals surface area contributed by atoms with Crippen molar-refractivity contribution in [3.05, 3.63) is 18.2 Å². The molecular formula is C14H20N4O. The summed E-state index contributed by atoms with van der Waals surface area (Å²) in [5.74, 6) is 0. The second-order valence-electron chi connectivity index (χ2n) is 5.28. The first-order valence-electron chi connectivity index (χ1n) is 6.83. The number of nitrogens with zero attached hydrogens (tertiary/aromatic N) is 1. The van der Waals surface area contributed by atoms with Gasteiger partial charge in [0, 0.05) is 37.9 Å². The zero-order valence-corrected chi connectivity index (χ0v) is 11.1. The average Bonchev–Trinajstić information content (AvgIpc) is 2.78. The Labute approximate surface area is 113 Å². The maximum atomic E-state index is 10.7. The largest absolute Gasteiger partial charge is 0.386 e. The van der Waals surface area contributed by atoms with Gasteiger partial charge in [0.15, 0.2) is 0 Å². The number of nitrogens with one attached hydrogen (secondary N) is 3. The predicted octanol–water partition coefficient (Wildman–Crippen LogP) is 1.24. The van der Waals surface area contributed by atoms with E-state index in [-0.39, 0.29) is 0 Å². The van der Waals surface area contributed by atoms with Gasteiger partial charge < -0.3 is 20.9 Å². The zero-order chi connectivity index (χ0) is 13.2. The molecule has 0 aliphatic carbocycles. The Morgan fingerprint density at radius 2 is 2.00 bits per heavy atom. The van der Waals surface area contributed by atoms with Crippen LogP contribution in [0.5, 0.6) is 0 Å². The number of piperazine rings is 1. The quantitative estimate of drug-likeness (QED) is 0.713. The molecule has 3 rings (SSSR count). The van der Waals surface area contributed by atoms with E-state index in [4.69, 9.17) is 0 Å². The van der Waals surface area contributed by atoms with E-state index in [9.17, 15) is 4.79 Å². The summed E-state index contributed by atoms with van der Waals surface area (Å²) in [5.41, 5.74) is 2.96. The van der Waals surface area contributed by atoms with Gasteiger partial charge in [-0.05, 0) is 31.0 Å². The lowest BCUT2D eigenvalue weighted by atomic mass is 10.1. The van der Waals surface area contributed by atoms with E-state index in [2.05, 4.69) is 26.9 Å². The monoisotopic (exact) mass is 260 g/mol. The number of rotatable bonds is 4. The molecular weight excluding hydrogens is 240 g/mol. The van der Waals surface area contributed by atoms with Crippen molar-refractivity contribution in [1.82, 2.24) is 5.32 Å². The van der Waals surface area contributed by atoms with Crippen molar-refractivity contribution in [3.63, 3.8) is 0 Å². The molecule has 3 N–H and O–H groups in total. The van der Waals surface area contributed by atoms with Crippen LogP contribution in [-0.2, 0) is 4.79 Å². The van der Waals surface area contributed by atoms with Gasteiger partial charge >= 0.3 is 0 Å². The summed E-state index contributed by atoms with van der Waals surface area (Å²) in [7, 11) is 1.86. The van der Waals surface area contributed by atoms with Gasteiger partial charge in [-0.3, -0.25) is 4.79 Å². The lowest BCUT2D eigenvalue weighted by Gasteiger charge is -2.35. The highest BCUT2D eigenvalue weighted by Gasteiger charge is 2.32. The van der Waals surface area contributed by atoms with Crippen molar-refractivity contribution in [1.29, 1.82) is 0 Å². The molecule has 2 aliphatic rings. The Morgan fingerprint density at radius 1 is 1.26 bits per heavy atom. The maximum Gasteiger partial charge on any atom is 0.211 e. The number of anilines is 3. The van der Waals surface area contributed by atoms with Crippen molar-refractivity contribution < 1.29 is 4.79 Å². The van der Waals surface area contributed by atoms with Gasteiger partial charge in [-0.15, -0.1) is 0 Å². The van der Waals surface area contributed by atoms with Gasteiger partial charge in [-0.1, -0.05) is 0 Å². The van der Waals surface area contributed by atoms with Crippen LogP contribution in [0.3, 0.4) is 0 Å². The number of benzene rings is 1. The summed E-state index contributed by atoms with van der Waals surface area (Å²) in [6.07, 6.45) is 3.27. The molecule has 2 saturated heterocycles. The Hall–Kier alpha value is -1.75. The van der Waals surface area contributed by atoms with Crippen molar-refractivity contribution in [2.75, 3.05) is 35.7 Å². The topological polar surface area (TPSA) is 56.4 Å². The molecule has 5 nitrogen and oxygen atoms in total. The molecule has 5 heteroatoms. The average molecular weight is 260 g/mol. The van der Waals surface area contributed by atoms with Crippen LogP contribution < -0.4 is 20.9 Å². The number of fused-ring (bicyclic) bond motifs is 2. The third kappa shape index (κ3) is 2.38. The van der Waals surface area contributed by atoms with Crippen LogP contribution in [0.25, 0.3) is 0 Å². The fraction of sp³-hybridized carbons (Fsp3) is 0.500. The fourth-order valence-corrected chi connectivity index (χ4v) is 3.14. The Morgan fingerprint density at radius 3 is 2.63 bits per heavy atom. The van der Waals surface area contributed by atoms with Gasteiger partial charge in [0.2, 0.25) is 6.41 Å². The first kappa shape index (κ1) is 12.3. The Bertz CT molecular complexity index is 465. The minimum absolute atomic E-state index is 0.616. The van der Waals surface area contributed by atoms with E-state index in [0.717, 1.165) is 30.9 Å². The van der Waals surface area contributed by atoms with E-state index in [1.54, 1.807) is 0 Å². The Kier molecular flexibility index (Phi) is 3.29. The summed E-state index contributed by atoms with van der Waals surface area (Å²) in [6, 6.07) is 7.42. The molecule has 0 saturated carbocycles. The fourth-order valence-electron chi connectivity index (χ4n) is 3.14. The normalized spacial score (nSPS) is 25.2. The van der Waals surface area contributed by atoms with Gasteiger partial charge in [0.25, 0.3) is 0 Å². The van der Waals surface area contributed by atoms with E-state index >= 15 is 0 Å². The number of hydrogen-bond acceptors (Lipinski definition) is 4. The van der Waals surface area contributed by atoms with E-state index in [0.29, 0.717) is 12.1 Å². The number of carbonyl (C=O) groups is 1. The van der Waals surface area contributed by atoms with Crippen molar-refractivity contribution in [3.8, 4) is 0 Å². The molecule has 2 atom stereocenters. The highest BCUT2D eigenvalue weighted by atomic mass is 16.1. The summed E-state index contributed by atoms with van der Waals surface area (Å²) in [5, 5.41) is 9.47. The Balaban J connectivity index is 1.84. The smallest absolute Gasteiger partial charge is 0.211 e. The molecule has 0 spiro atoms. The molecule has 1 aromatic rings. The summed E-state index contributed by atoms with van der Waals surface area (Å²) < 4.78 is 0. The lowest BCUT2D eigenvalue weighted by Crippen LogP contribution is -2.51. The molecule has 2 unspecified atom stereocenters. The molecule has 102 valence electrons. The summed E-state index contributed by atoms with van der Waals surface area (Å²) in [4.78, 5) is 13.1. The predicted molar refractivity (Wildman–Crippen MR) is 77.8 cm³/mol. The molecule has 2 bridgehead atoms. The standard InChI is InChI=1S/C14H20N4O/c1-15-13-5-4-12(6-14(13)16-9-19)18-7-10-2-3-11(8-18)17-10/h4-6,9-11,15,17H,2-3,7-8H2,1H3,(H,16,19). The molecule has 19 heavy (non-hydrogen) atoms. The van der Waals surface area contributed by atoms with Crippen LogP contribution in [0.15, 0.2) is 18.2 Å². The highest BCUT2D eigenvalue weighted by molar-refractivity contribution is 5.83. The molecule has 2 aliphatic heterocycles. The third-order valence-electron chi connectivity index (χ3n) is 4.07. The van der Waals surface area contributed by atoms with Gasteiger partial charge in [0.1, 0.15) is 0 Å². The number of amides is 1. The minimum Gasteiger partial charge on any atom is -0.386 e. The first-order chi connectivity index (χ1) is 9.30. The van der Waals surface area contributed by atoms with Crippen LogP contribution in [-0.4, -0.2) is 38.6 Å². The molecule has 1 amide bonds. The van der Waals surface area contributed by atoms with Crippen molar-refractivity contribution >= 4 is 23.5 Å². The van der Waals surface area contributed by atoms with Crippen LogP contribution in [0.2, 0.25) is 0 Å². The van der Waals surface area contributed by atoms with Crippen LogP contribution >= 0.6 is 0 Å². The summed E-state index contributed by atoms with van der Waals surface area (Å²) >= 11 is 0. The molecule has 2 heterocycles. The number of hydrogen-bond donors (Lipinski definition) is 3. The van der Waals surface area contributed by atoms with Gasteiger partial charge in [-0.2, -0.15) is 0 Å². The molecule has 0 radical (unpaired) electrons. The maximum absolute atomic E-state index is 10.7. The van der Waals surface area contributed by atoms with E-state index < -0.39 is 0 Å². The second kappa shape index (κ2) is 5.09. The lowest BCUT2D eigenvalue weighted by molar-refractivity contribution is -0.105. The second-order valence-corrected chi connectivity index (χ2v) is 5.28. The molecule has 0 aromatic heterocycles. The van der Waals surface area contributed by atoms with Crippen LogP contribution in [0.4, 0.5) is 17.1 Å². The highest BCUT2D eigenvalue weighted by Crippen LogP contribution is 2.30. The molecule has 2 fully saturated rings. The minimum atomic E-state index is 0.616. The van der Waals surface area contributed by atoms with Gasteiger partial charge in [0.05, 0.1) is 11.4 Å². The van der Waals surface area contributed by atoms with Crippen LogP contribution in [0.1, 0.15) is 12.8 Å². The zero-order valence-electron chi connectivity index (χ0n) is 11.1. The van der Waals surface area contributed by atoms with Crippen LogP contribution in [0, 0.1) is 0 Å². The third-order valence-corrected chi connectivity index (χ3v) is 4.07. The van der Waals surface area contributed by atoms with Gasteiger partial charge in [-0.25, -0.2) is 0 Å². The van der Waals surface area contributed by atoms with E-state index in [1.807, 2.05) is 19.2 Å². The first-order valence-corrected chi connectivity index (χ1v) is 6.83. The summed E-state index contributed by atoms with van der Waals surface area (Å²) in [6.45, 7) is 2.10. The molecule has 1 aromatic carbocycles. The van der Waals surface area contributed by atoms with Crippen molar-refractivity contribution in [2.24, 2.45) is 0 Å². The number of carbonyl (C=O) groups excluding carboxylic acids is 1. The van der Waals surface area contributed by atoms with E-state index in [1.165, 1.54) is 18.5 Å². The van der Waals surface area contributed by atoms with Crippen molar-refractivity contribution in [2.45, 2.75) is 24.9 Å². The SMILES string of the molecule is CNc1ccc(N2CC3CCC(C2)N3)cc1NC=O.